The zero-order valence-electron chi connectivity index (χ0n) is 11.4. The smallest absolute Gasteiger partial charge is 0.274 e. The van der Waals surface area contributed by atoms with Crippen LogP contribution in [0.3, 0.4) is 0 Å². The molecule has 0 atom stereocenters. The first-order chi connectivity index (χ1) is 9.54. The fraction of sp³-hybridized carbons (Fsp3) is 0.385. The van der Waals surface area contributed by atoms with E-state index in [9.17, 15) is 10.1 Å². The second kappa shape index (κ2) is 5.79. The first-order valence-electron chi connectivity index (χ1n) is 6.31. The molecule has 1 heterocycles. The van der Waals surface area contributed by atoms with Crippen LogP contribution in [-0.2, 0) is 6.42 Å². The molecule has 20 heavy (non-hydrogen) atoms. The normalized spacial score (nSPS) is 10.8. The molecule has 2 aromatic rings. The van der Waals surface area contributed by atoms with Gasteiger partial charge in [-0.1, -0.05) is 11.3 Å². The van der Waals surface area contributed by atoms with Crippen LogP contribution >= 0.6 is 0 Å². The molecule has 106 valence electrons. The summed E-state index contributed by atoms with van der Waals surface area (Å²) in [5.41, 5.74) is 2.96. The van der Waals surface area contributed by atoms with Crippen LogP contribution in [0.15, 0.2) is 18.3 Å². The van der Waals surface area contributed by atoms with Crippen LogP contribution in [0.4, 0.5) is 5.69 Å². The lowest BCUT2D eigenvalue weighted by molar-refractivity contribution is -0.385. The highest BCUT2D eigenvalue weighted by molar-refractivity contribution is 5.56. The lowest BCUT2D eigenvalue weighted by atomic mass is 10.1. The van der Waals surface area contributed by atoms with Crippen molar-refractivity contribution in [3.8, 4) is 5.69 Å². The van der Waals surface area contributed by atoms with Gasteiger partial charge in [0, 0.05) is 12.7 Å². The standard InChI is InChI=1S/C13H16N4O3/c1-9-5-6-12(17(19)20)10(2)13(9)16-8-11(14-15-16)4-3-7-18/h5-6,8,18H,3-4,7H2,1-2H3. The van der Waals surface area contributed by atoms with Crippen molar-refractivity contribution in [2.75, 3.05) is 6.61 Å². The Balaban J connectivity index is 2.44. The lowest BCUT2D eigenvalue weighted by Crippen LogP contribution is -2.04. The molecule has 1 N–H and O–H groups in total. The third kappa shape index (κ3) is 2.67. The minimum absolute atomic E-state index is 0.0676. The summed E-state index contributed by atoms with van der Waals surface area (Å²) >= 11 is 0. The van der Waals surface area contributed by atoms with E-state index >= 15 is 0 Å². The van der Waals surface area contributed by atoms with Gasteiger partial charge in [-0.05, 0) is 32.3 Å². The zero-order valence-corrected chi connectivity index (χ0v) is 11.4. The lowest BCUT2D eigenvalue weighted by Gasteiger charge is -2.09. The van der Waals surface area contributed by atoms with Gasteiger partial charge in [-0.3, -0.25) is 10.1 Å². The minimum atomic E-state index is -0.401. The quantitative estimate of drug-likeness (QED) is 0.662. The van der Waals surface area contributed by atoms with Gasteiger partial charge in [0.2, 0.25) is 0 Å². The molecule has 0 aliphatic carbocycles. The number of aliphatic hydroxyl groups excluding tert-OH is 1. The van der Waals surface area contributed by atoms with Crippen molar-refractivity contribution in [1.29, 1.82) is 0 Å². The molecule has 0 aliphatic rings. The predicted octanol–water partition coefficient (Wildman–Crippen LogP) is 1.72. The van der Waals surface area contributed by atoms with E-state index in [4.69, 9.17) is 5.11 Å². The maximum Gasteiger partial charge on any atom is 0.274 e. The van der Waals surface area contributed by atoms with E-state index in [0.717, 1.165) is 11.3 Å². The molecular formula is C13H16N4O3. The summed E-state index contributed by atoms with van der Waals surface area (Å²) in [5.74, 6) is 0. The van der Waals surface area contributed by atoms with Crippen LogP contribution in [0.2, 0.25) is 0 Å². The molecule has 0 saturated carbocycles. The van der Waals surface area contributed by atoms with Crippen LogP contribution < -0.4 is 0 Å². The number of rotatable bonds is 5. The number of nitro groups is 1. The van der Waals surface area contributed by atoms with Gasteiger partial charge in [0.15, 0.2) is 0 Å². The molecule has 0 spiro atoms. The Morgan fingerprint density at radius 1 is 1.40 bits per heavy atom. The average Bonchev–Trinajstić information content (AvgIpc) is 2.84. The molecule has 0 unspecified atom stereocenters. The Hall–Kier alpha value is -2.28. The van der Waals surface area contributed by atoms with Gasteiger partial charge in [-0.15, -0.1) is 5.10 Å². The summed E-state index contributed by atoms with van der Waals surface area (Å²) in [6, 6.07) is 3.20. The number of nitrogens with zero attached hydrogens (tertiary/aromatic N) is 4. The van der Waals surface area contributed by atoms with E-state index in [1.165, 1.54) is 6.07 Å². The van der Waals surface area contributed by atoms with E-state index in [-0.39, 0.29) is 12.3 Å². The molecule has 7 heteroatoms. The van der Waals surface area contributed by atoms with E-state index in [1.807, 2.05) is 6.92 Å². The highest BCUT2D eigenvalue weighted by atomic mass is 16.6. The minimum Gasteiger partial charge on any atom is -0.396 e. The van der Waals surface area contributed by atoms with Crippen LogP contribution in [0.5, 0.6) is 0 Å². The van der Waals surface area contributed by atoms with Crippen molar-refractivity contribution in [2.45, 2.75) is 26.7 Å². The summed E-state index contributed by atoms with van der Waals surface area (Å²) in [5, 5.41) is 27.8. The SMILES string of the molecule is Cc1ccc([N+](=O)[O-])c(C)c1-n1cc(CCCO)nn1. The third-order valence-electron chi connectivity index (χ3n) is 3.16. The summed E-state index contributed by atoms with van der Waals surface area (Å²) < 4.78 is 1.56. The van der Waals surface area contributed by atoms with Gasteiger partial charge in [-0.2, -0.15) is 0 Å². The number of hydrogen-bond acceptors (Lipinski definition) is 5. The van der Waals surface area contributed by atoms with Crippen molar-refractivity contribution in [3.63, 3.8) is 0 Å². The topological polar surface area (TPSA) is 94.1 Å². The first kappa shape index (κ1) is 14.1. The molecule has 0 fully saturated rings. The molecule has 0 amide bonds. The maximum atomic E-state index is 11.0. The summed E-state index contributed by atoms with van der Waals surface area (Å²) in [6.07, 6.45) is 2.99. The number of aliphatic hydroxyl groups is 1. The molecule has 1 aromatic heterocycles. The average molecular weight is 276 g/mol. The van der Waals surface area contributed by atoms with Gasteiger partial charge in [0.25, 0.3) is 5.69 Å². The largest absolute Gasteiger partial charge is 0.396 e. The molecular weight excluding hydrogens is 260 g/mol. The van der Waals surface area contributed by atoms with Crippen LogP contribution in [0.25, 0.3) is 5.69 Å². The third-order valence-corrected chi connectivity index (χ3v) is 3.16. The van der Waals surface area contributed by atoms with Crippen LogP contribution in [-0.4, -0.2) is 31.6 Å². The first-order valence-corrected chi connectivity index (χ1v) is 6.31. The van der Waals surface area contributed by atoms with Crippen LogP contribution in [0, 0.1) is 24.0 Å². The molecule has 0 aliphatic heterocycles. The summed E-state index contributed by atoms with van der Waals surface area (Å²) in [6.45, 7) is 3.68. The van der Waals surface area contributed by atoms with Gasteiger partial charge in [-0.25, -0.2) is 4.68 Å². The number of aryl methyl sites for hydroxylation is 2. The fourth-order valence-corrected chi connectivity index (χ4v) is 2.16. The van der Waals surface area contributed by atoms with Gasteiger partial charge in [0.05, 0.1) is 28.1 Å². The second-order valence-corrected chi connectivity index (χ2v) is 4.61. The van der Waals surface area contributed by atoms with Gasteiger partial charge in [0.1, 0.15) is 0 Å². The highest BCUT2D eigenvalue weighted by Gasteiger charge is 2.18. The van der Waals surface area contributed by atoms with Gasteiger partial charge < -0.3 is 5.11 Å². The Kier molecular flexibility index (Phi) is 4.09. The Morgan fingerprint density at radius 3 is 2.80 bits per heavy atom. The predicted molar refractivity (Wildman–Crippen MR) is 72.9 cm³/mol. The van der Waals surface area contributed by atoms with E-state index in [1.54, 1.807) is 23.9 Å². The highest BCUT2D eigenvalue weighted by Crippen LogP contribution is 2.27. The number of nitro benzene ring substituents is 1. The summed E-state index contributed by atoms with van der Waals surface area (Å²) in [7, 11) is 0. The number of aromatic nitrogens is 3. The van der Waals surface area contributed by atoms with Crippen molar-refractivity contribution < 1.29 is 10.0 Å². The molecule has 0 saturated heterocycles. The van der Waals surface area contributed by atoms with E-state index in [2.05, 4.69) is 10.3 Å². The monoisotopic (exact) mass is 276 g/mol. The molecule has 7 nitrogen and oxygen atoms in total. The molecule has 1 aromatic carbocycles. The molecule has 2 rings (SSSR count). The maximum absolute atomic E-state index is 11.0. The van der Waals surface area contributed by atoms with Crippen molar-refractivity contribution in [2.24, 2.45) is 0 Å². The second-order valence-electron chi connectivity index (χ2n) is 4.61. The zero-order chi connectivity index (χ0) is 14.7. The van der Waals surface area contributed by atoms with Crippen molar-refractivity contribution in [3.05, 3.63) is 45.3 Å². The van der Waals surface area contributed by atoms with E-state index < -0.39 is 4.92 Å². The molecule has 0 radical (unpaired) electrons. The Bertz CT molecular complexity index is 637. The van der Waals surface area contributed by atoms with Gasteiger partial charge >= 0.3 is 0 Å². The van der Waals surface area contributed by atoms with Crippen molar-refractivity contribution >= 4 is 5.69 Å². The van der Waals surface area contributed by atoms with E-state index in [0.29, 0.717) is 24.1 Å². The van der Waals surface area contributed by atoms with Crippen LogP contribution in [0.1, 0.15) is 23.2 Å². The summed E-state index contributed by atoms with van der Waals surface area (Å²) in [4.78, 5) is 10.6. The Morgan fingerprint density at radius 2 is 2.15 bits per heavy atom. The number of hydrogen-bond donors (Lipinski definition) is 1. The number of benzene rings is 1. The Labute approximate surface area is 116 Å². The fourth-order valence-electron chi connectivity index (χ4n) is 2.16. The van der Waals surface area contributed by atoms with Crippen molar-refractivity contribution in [1.82, 2.24) is 15.0 Å². The molecule has 0 bridgehead atoms.